The normalized spacial score (nSPS) is 34.3. The van der Waals surface area contributed by atoms with Gasteiger partial charge in [-0.25, -0.2) is 0 Å². The Kier molecular flexibility index (Phi) is 2.06. The molecule has 0 bridgehead atoms. The van der Waals surface area contributed by atoms with Crippen LogP contribution in [-0.2, 0) is 4.79 Å². The summed E-state index contributed by atoms with van der Waals surface area (Å²) >= 11 is 0. The van der Waals surface area contributed by atoms with Gasteiger partial charge in [-0.05, 0) is 45.4 Å². The summed E-state index contributed by atoms with van der Waals surface area (Å²) in [6.07, 6.45) is 7.25. The van der Waals surface area contributed by atoms with Gasteiger partial charge in [0, 0.05) is 18.1 Å². The van der Waals surface area contributed by atoms with Gasteiger partial charge in [-0.3, -0.25) is 4.79 Å². The number of likely N-dealkylation sites (tertiary alicyclic amines) is 1. The van der Waals surface area contributed by atoms with Crippen LogP contribution in [0.4, 0.5) is 0 Å². The molecular formula is C12H20N2O. The van der Waals surface area contributed by atoms with Crippen molar-refractivity contribution in [1.82, 2.24) is 10.2 Å². The standard InChI is InChI=1S/C12H20N2O/c1-12(6-2-7-12)14-8-5-10(11(14)15)13-9-3-4-9/h9-10,13H,2-8H2,1H3. The molecule has 1 heterocycles. The van der Waals surface area contributed by atoms with E-state index in [1.165, 1.54) is 32.1 Å². The maximum atomic E-state index is 12.2. The van der Waals surface area contributed by atoms with Gasteiger partial charge in [0.15, 0.2) is 0 Å². The molecule has 0 spiro atoms. The van der Waals surface area contributed by atoms with E-state index in [0.29, 0.717) is 11.9 Å². The summed E-state index contributed by atoms with van der Waals surface area (Å²) in [4.78, 5) is 14.3. The third kappa shape index (κ3) is 1.57. The van der Waals surface area contributed by atoms with Crippen molar-refractivity contribution < 1.29 is 4.79 Å². The maximum absolute atomic E-state index is 12.2. The molecule has 2 saturated carbocycles. The Balaban J connectivity index is 1.64. The van der Waals surface area contributed by atoms with Gasteiger partial charge in [-0.15, -0.1) is 0 Å². The fourth-order valence-electron chi connectivity index (χ4n) is 2.86. The van der Waals surface area contributed by atoms with Crippen LogP contribution in [0.25, 0.3) is 0 Å². The SMILES string of the molecule is CC1(N2CCC(NC3CC3)C2=O)CCC1. The van der Waals surface area contributed by atoms with Crippen molar-refractivity contribution in [2.75, 3.05) is 6.54 Å². The monoisotopic (exact) mass is 208 g/mol. The van der Waals surface area contributed by atoms with E-state index in [0.717, 1.165) is 13.0 Å². The molecule has 3 nitrogen and oxygen atoms in total. The van der Waals surface area contributed by atoms with Crippen LogP contribution in [-0.4, -0.2) is 35.0 Å². The van der Waals surface area contributed by atoms with Gasteiger partial charge in [0.1, 0.15) is 0 Å². The molecule has 0 aromatic carbocycles. The second kappa shape index (κ2) is 3.21. The van der Waals surface area contributed by atoms with Gasteiger partial charge in [0.2, 0.25) is 5.91 Å². The first-order chi connectivity index (χ1) is 7.19. The lowest BCUT2D eigenvalue weighted by Gasteiger charge is -2.46. The van der Waals surface area contributed by atoms with Crippen molar-refractivity contribution in [3.05, 3.63) is 0 Å². The zero-order valence-corrected chi connectivity index (χ0v) is 9.46. The van der Waals surface area contributed by atoms with E-state index in [-0.39, 0.29) is 11.6 Å². The number of amides is 1. The lowest BCUT2D eigenvalue weighted by molar-refractivity contribution is -0.137. The van der Waals surface area contributed by atoms with Crippen LogP contribution in [0.15, 0.2) is 0 Å². The highest BCUT2D eigenvalue weighted by atomic mass is 16.2. The van der Waals surface area contributed by atoms with E-state index in [4.69, 9.17) is 0 Å². The molecule has 3 fully saturated rings. The lowest BCUT2D eigenvalue weighted by atomic mass is 9.77. The Bertz CT molecular complexity index is 281. The molecule has 1 N–H and O–H groups in total. The summed E-state index contributed by atoms with van der Waals surface area (Å²) in [5.41, 5.74) is 0.205. The summed E-state index contributed by atoms with van der Waals surface area (Å²) in [7, 11) is 0. The van der Waals surface area contributed by atoms with Crippen LogP contribution in [0.5, 0.6) is 0 Å². The van der Waals surface area contributed by atoms with Crippen molar-refractivity contribution in [3.8, 4) is 0 Å². The lowest BCUT2D eigenvalue weighted by Crippen LogP contribution is -2.54. The van der Waals surface area contributed by atoms with Crippen LogP contribution < -0.4 is 5.32 Å². The Morgan fingerprint density at radius 3 is 2.60 bits per heavy atom. The van der Waals surface area contributed by atoms with Crippen molar-refractivity contribution in [1.29, 1.82) is 0 Å². The third-order valence-corrected chi connectivity index (χ3v) is 4.30. The van der Waals surface area contributed by atoms with Crippen LogP contribution in [0.1, 0.15) is 45.4 Å². The van der Waals surface area contributed by atoms with Crippen LogP contribution in [0.2, 0.25) is 0 Å². The largest absolute Gasteiger partial charge is 0.336 e. The number of hydrogen-bond donors (Lipinski definition) is 1. The molecule has 15 heavy (non-hydrogen) atoms. The van der Waals surface area contributed by atoms with E-state index in [2.05, 4.69) is 17.1 Å². The average Bonchev–Trinajstić information content (AvgIpc) is 2.90. The highest BCUT2D eigenvalue weighted by Gasteiger charge is 2.46. The number of hydrogen-bond acceptors (Lipinski definition) is 2. The fraction of sp³-hybridized carbons (Fsp3) is 0.917. The topological polar surface area (TPSA) is 32.3 Å². The van der Waals surface area contributed by atoms with Gasteiger partial charge >= 0.3 is 0 Å². The predicted octanol–water partition coefficient (Wildman–Crippen LogP) is 1.28. The van der Waals surface area contributed by atoms with Crippen LogP contribution in [0, 0.1) is 0 Å². The number of carbonyl (C=O) groups excluding carboxylic acids is 1. The average molecular weight is 208 g/mol. The van der Waals surface area contributed by atoms with Gasteiger partial charge < -0.3 is 10.2 Å². The molecule has 1 unspecified atom stereocenters. The summed E-state index contributed by atoms with van der Waals surface area (Å²) < 4.78 is 0. The van der Waals surface area contributed by atoms with E-state index >= 15 is 0 Å². The van der Waals surface area contributed by atoms with Gasteiger partial charge in [-0.1, -0.05) is 0 Å². The van der Waals surface area contributed by atoms with Crippen molar-refractivity contribution >= 4 is 5.91 Å². The molecule has 3 aliphatic rings. The zero-order valence-electron chi connectivity index (χ0n) is 9.46. The van der Waals surface area contributed by atoms with Crippen LogP contribution >= 0.6 is 0 Å². The van der Waals surface area contributed by atoms with Crippen molar-refractivity contribution in [2.45, 2.75) is 63.1 Å². The number of nitrogens with zero attached hydrogens (tertiary/aromatic N) is 1. The predicted molar refractivity (Wildman–Crippen MR) is 58.5 cm³/mol. The van der Waals surface area contributed by atoms with E-state index in [1.54, 1.807) is 0 Å². The zero-order chi connectivity index (χ0) is 10.5. The molecule has 84 valence electrons. The highest BCUT2D eigenvalue weighted by molar-refractivity contribution is 5.85. The van der Waals surface area contributed by atoms with E-state index in [1.807, 2.05) is 0 Å². The summed E-state index contributed by atoms with van der Waals surface area (Å²) in [5, 5.41) is 3.46. The molecular weight excluding hydrogens is 188 g/mol. The smallest absolute Gasteiger partial charge is 0.240 e. The van der Waals surface area contributed by atoms with Crippen molar-refractivity contribution in [2.24, 2.45) is 0 Å². The minimum atomic E-state index is 0.134. The first-order valence-electron chi connectivity index (χ1n) is 6.27. The first kappa shape index (κ1) is 9.64. The highest BCUT2D eigenvalue weighted by Crippen LogP contribution is 2.39. The molecule has 0 aromatic heterocycles. The molecule has 2 aliphatic carbocycles. The van der Waals surface area contributed by atoms with Crippen molar-refractivity contribution in [3.63, 3.8) is 0 Å². The minimum absolute atomic E-state index is 0.134. The Morgan fingerprint density at radius 2 is 2.07 bits per heavy atom. The Labute approximate surface area is 91.2 Å². The van der Waals surface area contributed by atoms with Gasteiger partial charge in [-0.2, -0.15) is 0 Å². The van der Waals surface area contributed by atoms with Gasteiger partial charge in [0.05, 0.1) is 6.04 Å². The molecule has 0 aromatic rings. The van der Waals surface area contributed by atoms with E-state index in [9.17, 15) is 4.79 Å². The van der Waals surface area contributed by atoms with E-state index < -0.39 is 0 Å². The fourth-order valence-corrected chi connectivity index (χ4v) is 2.86. The second-order valence-corrected chi connectivity index (χ2v) is 5.62. The maximum Gasteiger partial charge on any atom is 0.240 e. The van der Waals surface area contributed by atoms with Gasteiger partial charge in [0.25, 0.3) is 0 Å². The second-order valence-electron chi connectivity index (χ2n) is 5.62. The molecule has 0 radical (unpaired) electrons. The number of rotatable bonds is 3. The molecule has 1 aliphatic heterocycles. The third-order valence-electron chi connectivity index (χ3n) is 4.30. The quantitative estimate of drug-likeness (QED) is 0.758. The molecule has 1 saturated heterocycles. The first-order valence-corrected chi connectivity index (χ1v) is 6.27. The molecule has 1 atom stereocenters. The number of nitrogens with one attached hydrogen (secondary N) is 1. The summed E-state index contributed by atoms with van der Waals surface area (Å²) in [5.74, 6) is 0.365. The molecule has 1 amide bonds. The molecule has 3 heteroatoms. The Hall–Kier alpha value is -0.570. The number of carbonyl (C=O) groups is 1. The summed E-state index contributed by atoms with van der Waals surface area (Å²) in [6, 6.07) is 0.781. The molecule has 3 rings (SSSR count). The minimum Gasteiger partial charge on any atom is -0.336 e. The van der Waals surface area contributed by atoms with Crippen LogP contribution in [0.3, 0.4) is 0 Å². The summed E-state index contributed by atoms with van der Waals surface area (Å²) in [6.45, 7) is 3.22. The Morgan fingerprint density at radius 1 is 1.33 bits per heavy atom.